The lowest BCUT2D eigenvalue weighted by atomic mass is 10.1. The molecule has 0 saturated carbocycles. The number of rotatable bonds is 5. The van der Waals surface area contributed by atoms with E-state index in [0.29, 0.717) is 37.2 Å². The summed E-state index contributed by atoms with van der Waals surface area (Å²) in [5.74, 6) is -0.0432. The molecule has 3 rings (SSSR count). The van der Waals surface area contributed by atoms with Crippen molar-refractivity contribution >= 4 is 33.0 Å². The number of carbonyl (C=O) groups is 1. The normalized spacial score (nSPS) is 16.8. The molecule has 1 fully saturated rings. The molecule has 0 bridgehead atoms. The molecule has 0 atom stereocenters. The smallest absolute Gasteiger partial charge is 0.251 e. The molecule has 1 aliphatic heterocycles. The van der Waals surface area contributed by atoms with Gasteiger partial charge in [0.05, 0.1) is 22.6 Å². The zero-order valence-corrected chi connectivity index (χ0v) is 14.8. The van der Waals surface area contributed by atoms with E-state index in [4.69, 9.17) is 0 Å². The number of nitrogens with one attached hydrogen (secondary N) is 1. The fraction of sp³-hybridized carbons (Fsp3) is 0.375. The molecular formula is C16H19N3O3S2. The number of sulfonamides is 1. The molecule has 1 saturated heterocycles. The summed E-state index contributed by atoms with van der Waals surface area (Å²) < 4.78 is 25.8. The molecule has 128 valence electrons. The Morgan fingerprint density at radius 1 is 1.33 bits per heavy atom. The minimum atomic E-state index is -3.27. The van der Waals surface area contributed by atoms with Crippen LogP contribution in [0.4, 0.5) is 5.69 Å². The maximum absolute atomic E-state index is 12.3. The molecule has 0 aliphatic carbocycles. The molecule has 2 heterocycles. The summed E-state index contributed by atoms with van der Waals surface area (Å²) >= 11 is 1.53. The summed E-state index contributed by atoms with van der Waals surface area (Å²) in [6.07, 6.45) is 2.20. The van der Waals surface area contributed by atoms with Gasteiger partial charge in [-0.05, 0) is 31.0 Å². The number of benzene rings is 1. The van der Waals surface area contributed by atoms with Crippen LogP contribution in [0.5, 0.6) is 0 Å². The van der Waals surface area contributed by atoms with Crippen LogP contribution < -0.4 is 9.62 Å². The SMILES string of the molecule is O=C(NCCc1cscn1)c1cccc(N2CCCCS2(=O)=O)c1. The number of thiazole rings is 1. The fourth-order valence-corrected chi connectivity index (χ4v) is 4.87. The van der Waals surface area contributed by atoms with E-state index in [0.717, 1.165) is 12.1 Å². The van der Waals surface area contributed by atoms with Gasteiger partial charge in [0.1, 0.15) is 0 Å². The summed E-state index contributed by atoms with van der Waals surface area (Å²) in [5, 5.41) is 4.80. The lowest BCUT2D eigenvalue weighted by molar-refractivity contribution is 0.0954. The topological polar surface area (TPSA) is 79.4 Å². The Bertz CT molecular complexity index is 804. The van der Waals surface area contributed by atoms with Crippen molar-refractivity contribution < 1.29 is 13.2 Å². The molecule has 2 aromatic rings. The van der Waals surface area contributed by atoms with Crippen molar-refractivity contribution in [1.29, 1.82) is 0 Å². The number of hydrogen-bond donors (Lipinski definition) is 1. The van der Waals surface area contributed by atoms with Crippen molar-refractivity contribution in [3.63, 3.8) is 0 Å². The van der Waals surface area contributed by atoms with Crippen LogP contribution in [0.2, 0.25) is 0 Å². The first-order valence-electron chi connectivity index (χ1n) is 7.82. The van der Waals surface area contributed by atoms with Gasteiger partial charge in [-0.3, -0.25) is 9.10 Å². The molecule has 1 amide bonds. The van der Waals surface area contributed by atoms with Crippen LogP contribution >= 0.6 is 11.3 Å². The molecule has 8 heteroatoms. The molecule has 0 radical (unpaired) electrons. The Morgan fingerprint density at radius 3 is 2.96 bits per heavy atom. The van der Waals surface area contributed by atoms with Gasteiger partial charge in [0.15, 0.2) is 0 Å². The highest BCUT2D eigenvalue weighted by Crippen LogP contribution is 2.24. The summed E-state index contributed by atoms with van der Waals surface area (Å²) in [5.41, 5.74) is 3.74. The molecule has 24 heavy (non-hydrogen) atoms. The molecule has 1 aromatic carbocycles. The molecule has 1 aliphatic rings. The van der Waals surface area contributed by atoms with Crippen molar-refractivity contribution in [3.05, 3.63) is 46.4 Å². The Morgan fingerprint density at radius 2 is 2.21 bits per heavy atom. The van der Waals surface area contributed by atoms with Crippen molar-refractivity contribution in [2.75, 3.05) is 23.1 Å². The third-order valence-corrected chi connectivity index (χ3v) is 6.40. The summed E-state index contributed by atoms with van der Waals surface area (Å²) in [4.78, 5) is 16.4. The second-order valence-corrected chi connectivity index (χ2v) is 8.36. The number of carbonyl (C=O) groups excluding carboxylic acids is 1. The first kappa shape index (κ1) is 16.9. The van der Waals surface area contributed by atoms with Crippen LogP contribution in [0.3, 0.4) is 0 Å². The van der Waals surface area contributed by atoms with Crippen LogP contribution in [0, 0.1) is 0 Å². The number of aromatic nitrogens is 1. The van der Waals surface area contributed by atoms with E-state index in [1.54, 1.807) is 29.8 Å². The van der Waals surface area contributed by atoms with Gasteiger partial charge in [0, 0.05) is 30.5 Å². The minimum absolute atomic E-state index is 0.164. The van der Waals surface area contributed by atoms with Gasteiger partial charge >= 0.3 is 0 Å². The molecule has 1 N–H and O–H groups in total. The maximum atomic E-state index is 12.3. The lowest BCUT2D eigenvalue weighted by Gasteiger charge is -2.28. The van der Waals surface area contributed by atoms with Crippen LogP contribution in [-0.4, -0.2) is 38.2 Å². The highest BCUT2D eigenvalue weighted by atomic mass is 32.2. The summed E-state index contributed by atoms with van der Waals surface area (Å²) in [6.45, 7) is 0.964. The highest BCUT2D eigenvalue weighted by Gasteiger charge is 2.26. The monoisotopic (exact) mass is 365 g/mol. The van der Waals surface area contributed by atoms with Gasteiger partial charge in [-0.15, -0.1) is 11.3 Å². The number of hydrogen-bond acceptors (Lipinski definition) is 5. The van der Waals surface area contributed by atoms with E-state index < -0.39 is 10.0 Å². The number of amides is 1. The Hall–Kier alpha value is -1.93. The molecule has 1 aromatic heterocycles. The van der Waals surface area contributed by atoms with E-state index in [9.17, 15) is 13.2 Å². The summed E-state index contributed by atoms with van der Waals surface area (Å²) in [6, 6.07) is 6.78. The van der Waals surface area contributed by atoms with Gasteiger partial charge < -0.3 is 5.32 Å². The third kappa shape index (κ3) is 3.93. The van der Waals surface area contributed by atoms with Crippen LogP contribution in [0.15, 0.2) is 35.2 Å². The predicted octanol–water partition coefficient (Wildman–Crippen LogP) is 2.05. The molecule has 0 spiro atoms. The van der Waals surface area contributed by atoms with Crippen molar-refractivity contribution in [3.8, 4) is 0 Å². The van der Waals surface area contributed by atoms with Gasteiger partial charge in [0.25, 0.3) is 5.91 Å². The summed E-state index contributed by atoms with van der Waals surface area (Å²) in [7, 11) is -3.27. The second-order valence-electron chi connectivity index (χ2n) is 5.63. The largest absolute Gasteiger partial charge is 0.352 e. The molecule has 0 unspecified atom stereocenters. The van der Waals surface area contributed by atoms with Crippen LogP contribution in [-0.2, 0) is 16.4 Å². The Labute approximate surface area is 145 Å². The third-order valence-electron chi connectivity index (χ3n) is 3.90. The number of anilines is 1. The average Bonchev–Trinajstić information content (AvgIpc) is 3.08. The van der Waals surface area contributed by atoms with E-state index in [1.807, 2.05) is 5.38 Å². The van der Waals surface area contributed by atoms with Gasteiger partial charge in [-0.25, -0.2) is 13.4 Å². The molecular weight excluding hydrogens is 346 g/mol. The van der Waals surface area contributed by atoms with Gasteiger partial charge in [0.2, 0.25) is 10.0 Å². The van der Waals surface area contributed by atoms with E-state index >= 15 is 0 Å². The van der Waals surface area contributed by atoms with Crippen molar-refractivity contribution in [2.45, 2.75) is 19.3 Å². The van der Waals surface area contributed by atoms with Crippen molar-refractivity contribution in [2.24, 2.45) is 0 Å². The first-order valence-corrected chi connectivity index (χ1v) is 10.4. The predicted molar refractivity (Wildman–Crippen MR) is 95.0 cm³/mol. The Kier molecular flexibility index (Phi) is 5.15. The van der Waals surface area contributed by atoms with Gasteiger partial charge in [-0.1, -0.05) is 6.07 Å². The van der Waals surface area contributed by atoms with Crippen LogP contribution in [0.1, 0.15) is 28.9 Å². The van der Waals surface area contributed by atoms with Crippen molar-refractivity contribution in [1.82, 2.24) is 10.3 Å². The fourth-order valence-electron chi connectivity index (χ4n) is 2.65. The zero-order valence-electron chi connectivity index (χ0n) is 13.1. The molecule has 6 nitrogen and oxygen atoms in total. The highest BCUT2D eigenvalue weighted by molar-refractivity contribution is 7.92. The first-order chi connectivity index (χ1) is 11.6. The zero-order chi connectivity index (χ0) is 17.0. The van der Waals surface area contributed by atoms with Crippen LogP contribution in [0.25, 0.3) is 0 Å². The number of nitrogens with zero attached hydrogens (tertiary/aromatic N) is 2. The standard InChI is InChI=1S/C16H19N3O3S2/c20-16(17-7-6-14-11-23-12-18-14)13-4-3-5-15(10-13)19-8-1-2-9-24(19,21)22/h3-5,10-12H,1-2,6-9H2,(H,17,20). The lowest BCUT2D eigenvalue weighted by Crippen LogP contribution is -2.38. The second kappa shape index (κ2) is 7.31. The minimum Gasteiger partial charge on any atom is -0.352 e. The average molecular weight is 365 g/mol. The quantitative estimate of drug-likeness (QED) is 0.879. The van der Waals surface area contributed by atoms with E-state index in [2.05, 4.69) is 10.3 Å². The van der Waals surface area contributed by atoms with E-state index in [-0.39, 0.29) is 11.7 Å². The Balaban J connectivity index is 1.67. The maximum Gasteiger partial charge on any atom is 0.251 e. The van der Waals surface area contributed by atoms with Gasteiger partial charge in [-0.2, -0.15) is 0 Å². The van der Waals surface area contributed by atoms with E-state index in [1.165, 1.54) is 15.6 Å².